The molecule has 1 aromatic heterocycles. The van der Waals surface area contributed by atoms with Crippen LogP contribution < -0.4 is 14.9 Å². The number of hydrogen-bond acceptors (Lipinski definition) is 4. The quantitative estimate of drug-likeness (QED) is 0.271. The molecule has 174 valence electrons. The average molecular weight is 673 g/mol. The van der Waals surface area contributed by atoms with Crippen molar-refractivity contribution in [2.45, 2.75) is 18.9 Å². The third-order valence-corrected chi connectivity index (χ3v) is 9.12. The second kappa shape index (κ2) is 9.00. The molecule has 0 saturated heterocycles. The number of nitrogens with zero attached hydrogens (tertiary/aromatic N) is 2. The van der Waals surface area contributed by atoms with Crippen LogP contribution in [0.4, 0.5) is 0 Å². The predicted octanol–water partition coefficient (Wildman–Crippen LogP) is 6.31. The fourth-order valence-electron chi connectivity index (χ4n) is 4.79. The summed E-state index contributed by atoms with van der Waals surface area (Å²) in [6.07, 6.45) is 3.64. The van der Waals surface area contributed by atoms with Crippen molar-refractivity contribution in [3.8, 4) is 5.75 Å². The summed E-state index contributed by atoms with van der Waals surface area (Å²) in [5, 5.41) is 10.1. The van der Waals surface area contributed by atoms with E-state index in [0.717, 1.165) is 39.7 Å². The van der Waals surface area contributed by atoms with Gasteiger partial charge in [-0.1, -0.05) is 63.7 Å². The number of thiazole rings is 1. The zero-order valence-electron chi connectivity index (χ0n) is 18.1. The fourth-order valence-corrected chi connectivity index (χ4v) is 7.27. The highest BCUT2D eigenvalue weighted by Crippen LogP contribution is 2.41. The highest BCUT2D eigenvalue weighted by molar-refractivity contribution is 9.11. The van der Waals surface area contributed by atoms with Gasteiger partial charge in [0.1, 0.15) is 5.75 Å². The minimum absolute atomic E-state index is 0.0626. The van der Waals surface area contributed by atoms with Crippen LogP contribution in [0.15, 0.2) is 89.4 Å². The van der Waals surface area contributed by atoms with E-state index in [4.69, 9.17) is 4.99 Å². The molecule has 3 aromatic carbocycles. The van der Waals surface area contributed by atoms with Gasteiger partial charge in [-0.15, -0.1) is 0 Å². The van der Waals surface area contributed by atoms with E-state index >= 15 is 0 Å². The summed E-state index contributed by atoms with van der Waals surface area (Å²) >= 11 is 11.7. The average Bonchev–Trinajstić information content (AvgIpc) is 3.16. The van der Waals surface area contributed by atoms with Gasteiger partial charge in [0.15, 0.2) is 4.80 Å². The third-order valence-electron chi connectivity index (χ3n) is 6.40. The summed E-state index contributed by atoms with van der Waals surface area (Å²) in [4.78, 5) is 19.5. The first-order valence-electron chi connectivity index (χ1n) is 11.0. The Morgan fingerprint density at radius 1 is 1.00 bits per heavy atom. The summed E-state index contributed by atoms with van der Waals surface area (Å²) in [5.74, 6) is 0.130. The summed E-state index contributed by atoms with van der Waals surface area (Å²) in [6.45, 7) is 0. The first-order chi connectivity index (χ1) is 16.9. The van der Waals surface area contributed by atoms with Crippen LogP contribution in [0.5, 0.6) is 5.75 Å². The number of aromatic nitrogens is 1. The summed E-state index contributed by atoms with van der Waals surface area (Å²) in [5.41, 5.74) is 6.43. The zero-order chi connectivity index (χ0) is 24.3. The topological polar surface area (TPSA) is 54.6 Å². The molecule has 4 nitrogen and oxygen atoms in total. The molecule has 1 aliphatic heterocycles. The van der Waals surface area contributed by atoms with E-state index in [0.29, 0.717) is 18.3 Å². The van der Waals surface area contributed by atoms with Gasteiger partial charge in [0.2, 0.25) is 0 Å². The number of fused-ring (bicyclic) bond motifs is 3. The zero-order valence-corrected chi connectivity index (χ0v) is 23.7. The number of phenolic OH excluding ortho intramolecular Hbond substituents is 1. The number of aryl methyl sites for hydroxylation is 1. The number of hydrogen-bond donors (Lipinski definition) is 1. The van der Waals surface area contributed by atoms with Crippen molar-refractivity contribution < 1.29 is 5.11 Å². The van der Waals surface area contributed by atoms with Crippen molar-refractivity contribution in [3.63, 3.8) is 0 Å². The summed E-state index contributed by atoms with van der Waals surface area (Å²) < 4.78 is 4.57. The maximum Gasteiger partial charge on any atom is 0.271 e. The predicted molar refractivity (Wildman–Crippen MR) is 150 cm³/mol. The Morgan fingerprint density at radius 3 is 2.46 bits per heavy atom. The van der Waals surface area contributed by atoms with Gasteiger partial charge in [-0.2, -0.15) is 0 Å². The Hall–Kier alpha value is -2.26. The molecule has 0 amide bonds. The van der Waals surface area contributed by atoms with Crippen molar-refractivity contribution in [1.82, 2.24) is 4.57 Å². The Labute approximate surface area is 230 Å². The molecule has 0 bridgehead atoms. The first kappa shape index (κ1) is 23.2. The van der Waals surface area contributed by atoms with E-state index in [9.17, 15) is 9.90 Å². The van der Waals surface area contributed by atoms with E-state index in [-0.39, 0.29) is 17.4 Å². The van der Waals surface area contributed by atoms with Crippen molar-refractivity contribution in [1.29, 1.82) is 0 Å². The van der Waals surface area contributed by atoms with E-state index in [2.05, 4.69) is 84.2 Å². The van der Waals surface area contributed by atoms with E-state index < -0.39 is 0 Å². The Bertz CT molecular complexity index is 1700. The van der Waals surface area contributed by atoms with Crippen LogP contribution in [0, 0.1) is 0 Å². The molecule has 6 rings (SSSR count). The number of allylic oxidation sites excluding steroid dienone is 1. The van der Waals surface area contributed by atoms with Crippen LogP contribution in [0.2, 0.25) is 0 Å². The lowest BCUT2D eigenvalue weighted by Gasteiger charge is -2.30. The molecule has 0 saturated carbocycles. The van der Waals surface area contributed by atoms with Crippen LogP contribution in [-0.4, -0.2) is 9.67 Å². The van der Waals surface area contributed by atoms with Crippen molar-refractivity contribution in [2.75, 3.05) is 0 Å². The van der Waals surface area contributed by atoms with Gasteiger partial charge >= 0.3 is 0 Å². The standard InChI is InChI=1S/C27H17Br3N2O2S/c28-17-8-5-16(6-9-17)24-19-10-7-15-3-1-2-4-18(15)23(19)31-27-32(24)26(34)22(35-27)13-14-11-20(29)25(33)21(30)12-14/h1-6,8-9,11-13,24,33H,7,10H2/b22-13-/t24-/m1/s1. The molecule has 4 aromatic rings. The van der Waals surface area contributed by atoms with Gasteiger partial charge in [0, 0.05) is 10.0 Å². The molecular formula is C27H17Br3N2O2S. The number of rotatable bonds is 2. The normalized spacial score (nSPS) is 17.0. The van der Waals surface area contributed by atoms with Crippen LogP contribution in [0.25, 0.3) is 11.8 Å². The molecule has 0 unspecified atom stereocenters. The molecular weight excluding hydrogens is 656 g/mol. The molecule has 1 aliphatic carbocycles. The Kier molecular flexibility index (Phi) is 5.95. The van der Waals surface area contributed by atoms with E-state index in [1.54, 1.807) is 12.1 Å². The van der Waals surface area contributed by atoms with E-state index in [1.165, 1.54) is 22.5 Å². The smallest absolute Gasteiger partial charge is 0.271 e. The molecule has 0 fully saturated rings. The number of halogens is 3. The molecule has 1 N–H and O–H groups in total. The maximum atomic E-state index is 13.8. The van der Waals surface area contributed by atoms with Gasteiger partial charge in [-0.25, -0.2) is 4.99 Å². The Morgan fingerprint density at radius 2 is 1.71 bits per heavy atom. The number of phenols is 1. The molecule has 0 radical (unpaired) electrons. The molecule has 2 heterocycles. The lowest BCUT2D eigenvalue weighted by atomic mass is 9.83. The van der Waals surface area contributed by atoms with Crippen LogP contribution in [0.3, 0.4) is 0 Å². The molecule has 0 spiro atoms. The van der Waals surface area contributed by atoms with Gasteiger partial charge in [-0.05, 0) is 97.3 Å². The van der Waals surface area contributed by atoms with Crippen molar-refractivity contribution >= 4 is 70.9 Å². The summed E-state index contributed by atoms with van der Waals surface area (Å²) in [7, 11) is 0. The minimum Gasteiger partial charge on any atom is -0.506 e. The number of benzene rings is 3. The van der Waals surface area contributed by atoms with Gasteiger partial charge < -0.3 is 5.11 Å². The summed E-state index contributed by atoms with van der Waals surface area (Å²) in [6, 6.07) is 20.0. The van der Waals surface area contributed by atoms with Crippen LogP contribution >= 0.6 is 59.1 Å². The largest absolute Gasteiger partial charge is 0.506 e. The van der Waals surface area contributed by atoms with Crippen molar-refractivity contribution in [2.24, 2.45) is 4.99 Å². The fraction of sp³-hybridized carbons (Fsp3) is 0.111. The second-order valence-electron chi connectivity index (χ2n) is 8.50. The SMILES string of the molecule is O=c1/c(=C/c2cc(Br)c(O)c(Br)c2)sc2n1[C@H](c1ccc(Br)cc1)C1=C(N=2)c2ccccc2CC1. The third kappa shape index (κ3) is 4.00. The molecule has 1 atom stereocenters. The second-order valence-corrected chi connectivity index (χ2v) is 12.1. The minimum atomic E-state index is -0.205. The van der Waals surface area contributed by atoms with Crippen LogP contribution in [0.1, 0.15) is 34.7 Å². The lowest BCUT2D eigenvalue weighted by Crippen LogP contribution is -2.38. The molecule has 35 heavy (non-hydrogen) atoms. The first-order valence-corrected chi connectivity index (χ1v) is 14.2. The molecule has 8 heteroatoms. The highest BCUT2D eigenvalue weighted by atomic mass is 79.9. The van der Waals surface area contributed by atoms with Crippen LogP contribution in [-0.2, 0) is 6.42 Å². The lowest BCUT2D eigenvalue weighted by molar-refractivity contribution is 0.468. The van der Waals surface area contributed by atoms with E-state index in [1.807, 2.05) is 22.8 Å². The monoisotopic (exact) mass is 670 g/mol. The van der Waals surface area contributed by atoms with Gasteiger partial charge in [0.25, 0.3) is 5.56 Å². The molecule has 2 aliphatic rings. The van der Waals surface area contributed by atoms with Gasteiger partial charge in [-0.3, -0.25) is 9.36 Å². The van der Waals surface area contributed by atoms with Crippen molar-refractivity contribution in [3.05, 3.63) is 122 Å². The maximum absolute atomic E-state index is 13.8. The highest BCUT2D eigenvalue weighted by Gasteiger charge is 2.32. The Balaban J connectivity index is 1.62. The number of aromatic hydroxyl groups is 1. The van der Waals surface area contributed by atoms with Gasteiger partial charge in [0.05, 0.1) is 25.2 Å².